The highest BCUT2D eigenvalue weighted by Crippen LogP contribution is 2.20. The first-order chi connectivity index (χ1) is 9.70. The van der Waals surface area contributed by atoms with Gasteiger partial charge in [0.15, 0.2) is 11.5 Å². The highest BCUT2D eigenvalue weighted by Gasteiger charge is 2.15. The first-order valence-corrected chi connectivity index (χ1v) is 6.25. The Morgan fingerprint density at radius 3 is 2.60 bits per heavy atom. The SMILES string of the molecule is Cn1c(-c2ccc(C(N)=NO)cc2)c[n+]2ccccc12. The predicted molar refractivity (Wildman–Crippen MR) is 76.5 cm³/mol. The molecule has 0 radical (unpaired) electrons. The number of nitrogens with two attached hydrogens (primary N) is 1. The Hall–Kier alpha value is -2.82. The van der Waals surface area contributed by atoms with E-state index in [4.69, 9.17) is 10.9 Å². The van der Waals surface area contributed by atoms with Gasteiger partial charge in [-0.05, 0) is 18.2 Å². The van der Waals surface area contributed by atoms with E-state index in [1.807, 2.05) is 49.6 Å². The molecule has 5 heteroatoms. The monoisotopic (exact) mass is 267 g/mol. The smallest absolute Gasteiger partial charge is 0.286 e. The van der Waals surface area contributed by atoms with E-state index in [0.717, 1.165) is 16.9 Å². The lowest BCUT2D eigenvalue weighted by atomic mass is 10.1. The van der Waals surface area contributed by atoms with Crippen molar-refractivity contribution in [1.29, 1.82) is 0 Å². The summed E-state index contributed by atoms with van der Waals surface area (Å²) in [5, 5.41) is 11.7. The van der Waals surface area contributed by atoms with Gasteiger partial charge in [0.1, 0.15) is 6.20 Å². The molecule has 0 spiro atoms. The fourth-order valence-electron chi connectivity index (χ4n) is 2.32. The van der Waals surface area contributed by atoms with E-state index in [-0.39, 0.29) is 5.84 Å². The third kappa shape index (κ3) is 1.89. The number of aryl methyl sites for hydroxylation is 1. The van der Waals surface area contributed by atoms with Gasteiger partial charge >= 0.3 is 0 Å². The lowest BCUT2D eigenvalue weighted by molar-refractivity contribution is -0.510. The van der Waals surface area contributed by atoms with Crippen LogP contribution in [0, 0.1) is 0 Å². The molecule has 0 bridgehead atoms. The van der Waals surface area contributed by atoms with E-state index in [9.17, 15) is 0 Å². The van der Waals surface area contributed by atoms with Gasteiger partial charge in [-0.2, -0.15) is 0 Å². The minimum absolute atomic E-state index is 0.114. The Labute approximate surface area is 116 Å². The van der Waals surface area contributed by atoms with Crippen molar-refractivity contribution in [2.24, 2.45) is 17.9 Å². The largest absolute Gasteiger partial charge is 0.409 e. The number of benzene rings is 1. The number of nitrogens with zero attached hydrogens (tertiary/aromatic N) is 3. The Balaban J connectivity index is 2.09. The van der Waals surface area contributed by atoms with Crippen LogP contribution in [0.4, 0.5) is 0 Å². The standard InChI is InChI=1S/C15H14N4O/c1-18-13(10-19-9-3-2-4-14(18)19)11-5-7-12(8-6-11)15(16)17-20/h2-10H,1H3,(H2-,16,17,20)/p+1. The second kappa shape index (κ2) is 4.70. The molecule has 3 rings (SSSR count). The third-order valence-corrected chi connectivity index (χ3v) is 3.42. The van der Waals surface area contributed by atoms with Gasteiger partial charge in [-0.15, -0.1) is 0 Å². The summed E-state index contributed by atoms with van der Waals surface area (Å²) in [7, 11) is 2.03. The number of pyridine rings is 1. The molecule has 100 valence electrons. The number of imidazole rings is 1. The van der Waals surface area contributed by atoms with Crippen molar-refractivity contribution in [2.75, 3.05) is 0 Å². The Kier molecular flexibility index (Phi) is 2.87. The molecule has 2 heterocycles. The lowest BCUT2D eigenvalue weighted by Gasteiger charge is -2.00. The van der Waals surface area contributed by atoms with Crippen LogP contribution < -0.4 is 10.1 Å². The van der Waals surface area contributed by atoms with Crippen LogP contribution in [0.2, 0.25) is 0 Å². The minimum atomic E-state index is 0.114. The molecule has 5 nitrogen and oxygen atoms in total. The van der Waals surface area contributed by atoms with Gasteiger partial charge in [-0.3, -0.25) is 0 Å². The number of hydrogen-bond acceptors (Lipinski definition) is 2. The molecule has 1 aromatic carbocycles. The second-order valence-corrected chi connectivity index (χ2v) is 4.60. The van der Waals surface area contributed by atoms with Gasteiger partial charge in [0, 0.05) is 17.2 Å². The quantitative estimate of drug-likeness (QED) is 0.243. The van der Waals surface area contributed by atoms with E-state index in [2.05, 4.69) is 26.4 Å². The van der Waals surface area contributed by atoms with Gasteiger partial charge in [0.25, 0.3) is 5.65 Å². The molecule has 3 aromatic rings. The topological polar surface area (TPSA) is 67.6 Å². The minimum Gasteiger partial charge on any atom is -0.409 e. The van der Waals surface area contributed by atoms with Crippen molar-refractivity contribution in [3.8, 4) is 11.3 Å². The summed E-state index contributed by atoms with van der Waals surface area (Å²) in [6.07, 6.45) is 4.09. The Morgan fingerprint density at radius 2 is 1.95 bits per heavy atom. The van der Waals surface area contributed by atoms with Crippen molar-refractivity contribution in [1.82, 2.24) is 4.57 Å². The zero-order valence-electron chi connectivity index (χ0n) is 11.1. The third-order valence-electron chi connectivity index (χ3n) is 3.42. The van der Waals surface area contributed by atoms with Gasteiger partial charge < -0.3 is 10.9 Å². The van der Waals surface area contributed by atoms with E-state index in [0.29, 0.717) is 5.56 Å². The summed E-state index contributed by atoms with van der Waals surface area (Å²) in [5.41, 5.74) is 9.55. The molecule has 0 saturated heterocycles. The number of oxime groups is 1. The molecule has 0 amide bonds. The van der Waals surface area contributed by atoms with Crippen LogP contribution in [0.25, 0.3) is 16.9 Å². The van der Waals surface area contributed by atoms with Crippen LogP contribution in [0.1, 0.15) is 5.56 Å². The van der Waals surface area contributed by atoms with Gasteiger partial charge in [-0.25, -0.2) is 8.97 Å². The molecular formula is C15H15N4O+. The Bertz CT molecular complexity index is 787. The highest BCUT2D eigenvalue weighted by molar-refractivity contribution is 5.97. The molecule has 0 aliphatic rings. The fraction of sp³-hybridized carbons (Fsp3) is 0.0667. The van der Waals surface area contributed by atoms with Crippen molar-refractivity contribution < 1.29 is 9.61 Å². The summed E-state index contributed by atoms with van der Waals surface area (Å²) in [6.45, 7) is 0. The van der Waals surface area contributed by atoms with Crippen LogP contribution in [0.15, 0.2) is 60.0 Å². The van der Waals surface area contributed by atoms with Gasteiger partial charge in [-0.1, -0.05) is 23.4 Å². The summed E-state index contributed by atoms with van der Waals surface area (Å²) >= 11 is 0. The van der Waals surface area contributed by atoms with Crippen LogP contribution in [-0.2, 0) is 7.05 Å². The average Bonchev–Trinajstić information content (AvgIpc) is 2.84. The van der Waals surface area contributed by atoms with Crippen molar-refractivity contribution >= 4 is 11.5 Å². The second-order valence-electron chi connectivity index (χ2n) is 4.60. The summed E-state index contributed by atoms with van der Waals surface area (Å²) in [4.78, 5) is 0. The molecular weight excluding hydrogens is 252 g/mol. The van der Waals surface area contributed by atoms with E-state index >= 15 is 0 Å². The molecule has 0 unspecified atom stereocenters. The van der Waals surface area contributed by atoms with Crippen LogP contribution in [0.5, 0.6) is 0 Å². The lowest BCUT2D eigenvalue weighted by Crippen LogP contribution is -2.17. The normalized spacial score (nSPS) is 11.9. The maximum atomic E-state index is 8.67. The summed E-state index contributed by atoms with van der Waals surface area (Å²) in [5.74, 6) is 0.114. The Morgan fingerprint density at radius 1 is 1.20 bits per heavy atom. The van der Waals surface area contributed by atoms with E-state index in [1.165, 1.54) is 0 Å². The van der Waals surface area contributed by atoms with Crippen LogP contribution in [0.3, 0.4) is 0 Å². The average molecular weight is 267 g/mol. The van der Waals surface area contributed by atoms with E-state index < -0.39 is 0 Å². The number of aromatic nitrogens is 2. The van der Waals surface area contributed by atoms with Crippen molar-refractivity contribution in [3.63, 3.8) is 0 Å². The van der Waals surface area contributed by atoms with Crippen LogP contribution >= 0.6 is 0 Å². The maximum Gasteiger partial charge on any atom is 0.286 e. The predicted octanol–water partition coefficient (Wildman–Crippen LogP) is 1.53. The van der Waals surface area contributed by atoms with E-state index in [1.54, 1.807) is 0 Å². The first kappa shape index (κ1) is 12.2. The van der Waals surface area contributed by atoms with Gasteiger partial charge in [0.2, 0.25) is 0 Å². The number of amidine groups is 1. The van der Waals surface area contributed by atoms with Crippen LogP contribution in [-0.4, -0.2) is 15.6 Å². The molecule has 2 aromatic heterocycles. The fourth-order valence-corrected chi connectivity index (χ4v) is 2.32. The van der Waals surface area contributed by atoms with Gasteiger partial charge in [0.05, 0.1) is 13.2 Å². The zero-order chi connectivity index (χ0) is 14.1. The molecule has 3 N–H and O–H groups in total. The molecule has 20 heavy (non-hydrogen) atoms. The van der Waals surface area contributed by atoms with Crippen molar-refractivity contribution in [2.45, 2.75) is 0 Å². The zero-order valence-corrected chi connectivity index (χ0v) is 11.1. The number of hydrogen-bond donors (Lipinski definition) is 2. The molecule has 0 aliphatic carbocycles. The first-order valence-electron chi connectivity index (χ1n) is 6.25. The molecule has 0 aliphatic heterocycles. The van der Waals surface area contributed by atoms with Crippen molar-refractivity contribution in [3.05, 3.63) is 60.4 Å². The summed E-state index contributed by atoms with van der Waals surface area (Å²) in [6, 6.07) is 13.7. The summed E-state index contributed by atoms with van der Waals surface area (Å²) < 4.78 is 4.20. The number of rotatable bonds is 2. The molecule has 0 fully saturated rings. The molecule has 0 saturated carbocycles. The maximum absolute atomic E-state index is 8.67. The number of fused-ring (bicyclic) bond motifs is 1. The molecule has 0 atom stereocenters. The highest BCUT2D eigenvalue weighted by atomic mass is 16.4.